The van der Waals surface area contributed by atoms with E-state index in [1.54, 1.807) is 12.1 Å². The number of fused-ring (bicyclic) bond motifs is 3. The van der Waals surface area contributed by atoms with Gasteiger partial charge in [0.05, 0.1) is 23.1 Å². The number of benzene rings is 3. The zero-order valence-corrected chi connectivity index (χ0v) is 16.3. The van der Waals surface area contributed by atoms with E-state index in [-0.39, 0.29) is 22.6 Å². The Morgan fingerprint density at radius 1 is 1.03 bits per heavy atom. The molecule has 0 aliphatic carbocycles. The number of H-pyrrole nitrogens is 1. The van der Waals surface area contributed by atoms with Gasteiger partial charge in [-0.1, -0.05) is 60.1 Å². The summed E-state index contributed by atoms with van der Waals surface area (Å²) in [5.74, 6) is 0.143. The highest BCUT2D eigenvalue weighted by atomic mass is 35.5. The Labute approximate surface area is 172 Å². The minimum absolute atomic E-state index is 0.0314. The number of para-hydroxylation sites is 1. The highest BCUT2D eigenvalue weighted by Gasteiger charge is 2.36. The number of non-ortho nitro benzene ring substituents is 1. The zero-order valence-electron chi connectivity index (χ0n) is 15.5. The summed E-state index contributed by atoms with van der Waals surface area (Å²) >= 11 is 6.55. The fraction of sp³-hybridized carbons (Fsp3) is 0.130. The van der Waals surface area contributed by atoms with E-state index in [0.29, 0.717) is 0 Å². The minimum atomic E-state index is -0.342. The molecule has 0 unspecified atom stereocenters. The van der Waals surface area contributed by atoms with E-state index in [1.165, 1.54) is 17.0 Å². The number of nitro benzene ring substituents is 1. The first-order chi connectivity index (χ1) is 14.1. The maximum Gasteiger partial charge on any atom is 0.269 e. The second kappa shape index (κ2) is 7.03. The third-order valence-corrected chi connectivity index (χ3v) is 6.11. The first-order valence-corrected chi connectivity index (χ1v) is 9.94. The molecular weight excluding hydrogens is 386 g/mol. The minimum Gasteiger partial charge on any atom is -0.353 e. The maximum absolute atomic E-state index is 11.3. The summed E-state index contributed by atoms with van der Waals surface area (Å²) in [6.07, 6.45) is 0. The number of aromatic amines is 1. The molecule has 5 nitrogen and oxygen atoms in total. The number of halogens is 1. The van der Waals surface area contributed by atoms with E-state index < -0.39 is 0 Å². The van der Waals surface area contributed by atoms with Crippen LogP contribution in [-0.4, -0.2) is 16.5 Å². The summed E-state index contributed by atoms with van der Waals surface area (Å²) in [6, 6.07) is 23.1. The number of hydrogen-bond acceptors (Lipinski definition) is 2. The lowest BCUT2D eigenvalue weighted by molar-refractivity contribution is -0.692. The van der Waals surface area contributed by atoms with Gasteiger partial charge < -0.3 is 10.3 Å². The molecule has 0 saturated carbocycles. The standard InChI is InChI=1S/C23H18ClN3O2/c24-19-10-3-1-8-16(19)18-13-25-22(14-6-5-7-15(12-14)27(28)29)23-21(18)17-9-2-4-11-20(17)26-23/h1-12,18,22,25-26H,13H2/p+1/t18-,22-/m0/s1. The highest BCUT2D eigenvalue weighted by molar-refractivity contribution is 6.31. The van der Waals surface area contributed by atoms with Crippen LogP contribution in [0.3, 0.4) is 0 Å². The number of hydrogen-bond donors (Lipinski definition) is 2. The second-order valence-electron chi connectivity index (χ2n) is 7.37. The SMILES string of the molecule is O=[N+]([O-])c1cccc([C@@H]2[NH2+]C[C@@H](c3ccccc3Cl)c3c2[nH]c2ccccc32)c1. The summed E-state index contributed by atoms with van der Waals surface area (Å²) < 4.78 is 0. The van der Waals surface area contributed by atoms with Gasteiger partial charge in [0, 0.05) is 39.2 Å². The Hall–Kier alpha value is -3.15. The molecule has 6 heteroatoms. The lowest BCUT2D eigenvalue weighted by Crippen LogP contribution is -2.88. The van der Waals surface area contributed by atoms with Gasteiger partial charge in [-0.3, -0.25) is 10.1 Å². The van der Waals surface area contributed by atoms with Crippen molar-refractivity contribution in [3.8, 4) is 0 Å². The molecule has 0 spiro atoms. The molecule has 1 aromatic heterocycles. The fourth-order valence-electron chi connectivity index (χ4n) is 4.49. The van der Waals surface area contributed by atoms with Gasteiger partial charge in [-0.2, -0.15) is 0 Å². The van der Waals surface area contributed by atoms with Crippen LogP contribution in [-0.2, 0) is 0 Å². The van der Waals surface area contributed by atoms with Gasteiger partial charge in [0.2, 0.25) is 0 Å². The van der Waals surface area contributed by atoms with Crippen molar-refractivity contribution in [1.82, 2.24) is 4.98 Å². The molecule has 3 N–H and O–H groups in total. The largest absolute Gasteiger partial charge is 0.353 e. The van der Waals surface area contributed by atoms with Gasteiger partial charge >= 0.3 is 0 Å². The summed E-state index contributed by atoms with van der Waals surface area (Å²) in [7, 11) is 0. The summed E-state index contributed by atoms with van der Waals surface area (Å²) in [6.45, 7) is 0.811. The highest BCUT2D eigenvalue weighted by Crippen LogP contribution is 2.41. The lowest BCUT2D eigenvalue weighted by Gasteiger charge is -2.28. The van der Waals surface area contributed by atoms with Crippen molar-refractivity contribution in [2.24, 2.45) is 0 Å². The topological polar surface area (TPSA) is 75.5 Å². The summed E-state index contributed by atoms with van der Waals surface area (Å²) in [5, 5.41) is 15.4. The molecule has 2 atom stereocenters. The molecule has 2 heterocycles. The molecule has 1 aliphatic rings. The summed E-state index contributed by atoms with van der Waals surface area (Å²) in [5.41, 5.74) is 5.52. The van der Waals surface area contributed by atoms with Crippen LogP contribution in [0.2, 0.25) is 5.02 Å². The lowest BCUT2D eigenvalue weighted by atomic mass is 9.83. The summed E-state index contributed by atoms with van der Waals surface area (Å²) in [4.78, 5) is 14.5. The Morgan fingerprint density at radius 3 is 2.66 bits per heavy atom. The molecule has 0 amide bonds. The maximum atomic E-state index is 11.3. The average Bonchev–Trinajstić information content (AvgIpc) is 3.13. The van der Waals surface area contributed by atoms with E-state index in [4.69, 9.17) is 11.6 Å². The van der Waals surface area contributed by atoms with Crippen LogP contribution < -0.4 is 5.32 Å². The van der Waals surface area contributed by atoms with Crippen LogP contribution in [0.25, 0.3) is 10.9 Å². The van der Waals surface area contributed by atoms with E-state index in [0.717, 1.165) is 33.9 Å². The third-order valence-electron chi connectivity index (χ3n) is 5.76. The predicted molar refractivity (Wildman–Crippen MR) is 113 cm³/mol. The number of nitrogens with zero attached hydrogens (tertiary/aromatic N) is 1. The van der Waals surface area contributed by atoms with E-state index in [2.05, 4.69) is 28.5 Å². The number of nitrogens with one attached hydrogen (secondary N) is 1. The van der Waals surface area contributed by atoms with Crippen molar-refractivity contribution >= 4 is 28.2 Å². The number of nitrogens with two attached hydrogens (primary N) is 1. The molecule has 4 aromatic rings. The molecule has 0 bridgehead atoms. The van der Waals surface area contributed by atoms with Gasteiger partial charge in [0.25, 0.3) is 5.69 Å². The first-order valence-electron chi connectivity index (χ1n) is 9.56. The van der Waals surface area contributed by atoms with Crippen molar-refractivity contribution in [1.29, 1.82) is 0 Å². The average molecular weight is 405 g/mol. The van der Waals surface area contributed by atoms with Crippen LogP contribution in [0.1, 0.15) is 34.3 Å². The van der Waals surface area contributed by atoms with Crippen molar-refractivity contribution in [3.05, 3.63) is 110 Å². The molecular formula is C23H19ClN3O2+. The molecule has 5 rings (SSSR count). The van der Waals surface area contributed by atoms with Gasteiger partial charge in [-0.15, -0.1) is 0 Å². The number of rotatable bonds is 3. The van der Waals surface area contributed by atoms with E-state index >= 15 is 0 Å². The molecule has 0 fully saturated rings. The van der Waals surface area contributed by atoms with E-state index in [1.807, 2.05) is 36.4 Å². The molecule has 0 radical (unpaired) electrons. The number of quaternary nitrogens is 1. The van der Waals surface area contributed by atoms with Crippen molar-refractivity contribution in [3.63, 3.8) is 0 Å². The van der Waals surface area contributed by atoms with Crippen LogP contribution >= 0.6 is 11.6 Å². The molecule has 29 heavy (non-hydrogen) atoms. The van der Waals surface area contributed by atoms with Crippen LogP contribution in [0.5, 0.6) is 0 Å². The third kappa shape index (κ3) is 2.99. The van der Waals surface area contributed by atoms with Crippen LogP contribution in [0, 0.1) is 10.1 Å². The Balaban J connectivity index is 1.70. The molecule has 0 saturated heterocycles. The molecule has 3 aromatic carbocycles. The zero-order chi connectivity index (χ0) is 20.0. The Bertz CT molecular complexity index is 1230. The van der Waals surface area contributed by atoms with E-state index in [9.17, 15) is 10.1 Å². The number of aromatic nitrogens is 1. The predicted octanol–water partition coefficient (Wildman–Crippen LogP) is 4.53. The van der Waals surface area contributed by atoms with Gasteiger partial charge in [-0.05, 0) is 17.7 Å². The fourth-order valence-corrected chi connectivity index (χ4v) is 4.76. The Morgan fingerprint density at radius 2 is 1.83 bits per heavy atom. The van der Waals surface area contributed by atoms with Crippen molar-refractivity contribution in [2.45, 2.75) is 12.0 Å². The smallest absolute Gasteiger partial charge is 0.269 e. The van der Waals surface area contributed by atoms with Gasteiger partial charge in [0.15, 0.2) is 6.04 Å². The second-order valence-corrected chi connectivity index (χ2v) is 7.78. The molecule has 144 valence electrons. The van der Waals surface area contributed by atoms with Crippen molar-refractivity contribution < 1.29 is 10.2 Å². The van der Waals surface area contributed by atoms with Crippen LogP contribution in [0.4, 0.5) is 5.69 Å². The van der Waals surface area contributed by atoms with Gasteiger partial charge in [0.1, 0.15) is 0 Å². The monoisotopic (exact) mass is 404 g/mol. The molecule has 1 aliphatic heterocycles. The normalized spacial score (nSPS) is 18.5. The quantitative estimate of drug-likeness (QED) is 0.389. The first kappa shape index (κ1) is 17.9. The number of nitro groups is 1. The van der Waals surface area contributed by atoms with Gasteiger partial charge in [-0.25, -0.2) is 0 Å². The Kier molecular flexibility index (Phi) is 4.34. The van der Waals surface area contributed by atoms with Crippen molar-refractivity contribution in [2.75, 3.05) is 6.54 Å². The van der Waals surface area contributed by atoms with Crippen LogP contribution in [0.15, 0.2) is 72.8 Å².